The van der Waals surface area contributed by atoms with Gasteiger partial charge in [0.15, 0.2) is 0 Å². The number of H-pyrrole nitrogens is 1. The fourth-order valence-corrected chi connectivity index (χ4v) is 5.48. The quantitative estimate of drug-likeness (QED) is 0.370. The summed E-state index contributed by atoms with van der Waals surface area (Å²) in [6.07, 6.45) is 3.09. The van der Waals surface area contributed by atoms with Gasteiger partial charge >= 0.3 is 12.1 Å². The second kappa shape index (κ2) is 9.05. The number of carboxylic acids is 1. The van der Waals surface area contributed by atoms with Gasteiger partial charge in [-0.15, -0.1) is 0 Å². The molecule has 0 unspecified atom stereocenters. The van der Waals surface area contributed by atoms with Crippen molar-refractivity contribution in [2.45, 2.75) is 25.0 Å². The first kappa shape index (κ1) is 23.2. The van der Waals surface area contributed by atoms with Gasteiger partial charge in [0.05, 0.1) is 12.1 Å². The van der Waals surface area contributed by atoms with Crippen molar-refractivity contribution in [2.75, 3.05) is 24.5 Å². The Bertz CT molecular complexity index is 1470. The summed E-state index contributed by atoms with van der Waals surface area (Å²) in [5.41, 5.74) is 4.53. The van der Waals surface area contributed by atoms with Gasteiger partial charge in [0, 0.05) is 55.3 Å². The maximum atomic E-state index is 13.5. The molecular weight excluding hydrogens is 473 g/mol. The molecule has 0 bridgehead atoms. The molecule has 2 saturated heterocycles. The molecule has 1 aromatic heterocycles. The van der Waals surface area contributed by atoms with Gasteiger partial charge in [0.1, 0.15) is 11.4 Å². The number of aromatic amines is 1. The van der Waals surface area contributed by atoms with Gasteiger partial charge in [0.25, 0.3) is 0 Å². The van der Waals surface area contributed by atoms with E-state index in [-0.39, 0.29) is 11.4 Å². The Kier molecular flexibility index (Phi) is 5.68. The number of carbonyl (C=O) groups is 2. The van der Waals surface area contributed by atoms with E-state index in [1.165, 1.54) is 29.8 Å². The molecule has 0 atom stereocenters. The summed E-state index contributed by atoms with van der Waals surface area (Å²) in [5.74, 6) is -1.25. The molecule has 2 aliphatic heterocycles. The largest absolute Gasteiger partial charge is 0.478 e. The zero-order chi connectivity index (χ0) is 25.6. The van der Waals surface area contributed by atoms with Crippen molar-refractivity contribution >= 4 is 28.7 Å². The summed E-state index contributed by atoms with van der Waals surface area (Å²) < 4.78 is 19.4. The van der Waals surface area contributed by atoms with E-state index in [4.69, 9.17) is 9.84 Å². The van der Waals surface area contributed by atoms with Crippen molar-refractivity contribution < 1.29 is 23.8 Å². The monoisotopic (exact) mass is 499 g/mol. The summed E-state index contributed by atoms with van der Waals surface area (Å²) in [5, 5.41) is 10.3. The fourth-order valence-electron chi connectivity index (χ4n) is 5.48. The average molecular weight is 500 g/mol. The third-order valence-corrected chi connectivity index (χ3v) is 7.50. The number of nitrogens with zero attached hydrogens (tertiary/aromatic N) is 2. The van der Waals surface area contributed by atoms with Crippen LogP contribution in [-0.2, 0) is 11.3 Å². The van der Waals surface area contributed by atoms with Crippen molar-refractivity contribution in [3.8, 4) is 11.1 Å². The van der Waals surface area contributed by atoms with Crippen LogP contribution >= 0.6 is 0 Å². The first-order chi connectivity index (χ1) is 17.9. The van der Waals surface area contributed by atoms with E-state index >= 15 is 0 Å². The van der Waals surface area contributed by atoms with Gasteiger partial charge in [-0.3, -0.25) is 9.80 Å². The number of hydrogen-bond donors (Lipinski definition) is 2. The summed E-state index contributed by atoms with van der Waals surface area (Å²) in [7, 11) is 0. The Hall–Kier alpha value is -4.17. The SMILES string of the molecule is O=C(O)c1ccc(N2CC3(CCN(Cc4c[nH]c5cccc(-c6ccc(F)cc6)c45)CC3)OC2=O)cc1. The lowest BCUT2D eigenvalue weighted by molar-refractivity contribution is -0.000886. The number of nitrogens with one attached hydrogen (secondary N) is 1. The number of hydrogen-bond acceptors (Lipinski definition) is 4. The van der Waals surface area contributed by atoms with Crippen molar-refractivity contribution in [2.24, 2.45) is 0 Å². The van der Waals surface area contributed by atoms with Crippen LogP contribution in [0.3, 0.4) is 0 Å². The predicted molar refractivity (Wildman–Crippen MR) is 138 cm³/mol. The predicted octanol–water partition coefficient (Wildman–Crippen LogP) is 5.66. The number of ether oxygens (including phenoxy) is 1. The highest BCUT2D eigenvalue weighted by atomic mass is 19.1. The highest BCUT2D eigenvalue weighted by molar-refractivity contribution is 5.97. The van der Waals surface area contributed by atoms with Crippen LogP contribution in [0, 0.1) is 5.82 Å². The Morgan fingerprint density at radius 3 is 2.46 bits per heavy atom. The minimum Gasteiger partial charge on any atom is -0.478 e. The van der Waals surface area contributed by atoms with Gasteiger partial charge < -0.3 is 14.8 Å². The lowest BCUT2D eigenvalue weighted by Gasteiger charge is -2.37. The highest BCUT2D eigenvalue weighted by Crippen LogP contribution is 2.37. The average Bonchev–Trinajstić information content (AvgIpc) is 3.46. The van der Waals surface area contributed by atoms with E-state index < -0.39 is 17.7 Å². The molecule has 8 heteroatoms. The molecule has 3 aromatic carbocycles. The first-order valence-corrected chi connectivity index (χ1v) is 12.3. The first-order valence-electron chi connectivity index (χ1n) is 12.3. The molecular formula is C29H26FN3O4. The van der Waals surface area contributed by atoms with Gasteiger partial charge in [-0.2, -0.15) is 0 Å². The molecule has 188 valence electrons. The van der Waals surface area contributed by atoms with Gasteiger partial charge in [-0.25, -0.2) is 14.0 Å². The van der Waals surface area contributed by atoms with Crippen LogP contribution in [0.5, 0.6) is 0 Å². The third-order valence-electron chi connectivity index (χ3n) is 7.50. The molecule has 1 spiro atoms. The minimum atomic E-state index is -1.00. The van der Waals surface area contributed by atoms with E-state index in [2.05, 4.69) is 16.0 Å². The summed E-state index contributed by atoms with van der Waals surface area (Å²) in [6, 6.07) is 19.0. The second-order valence-corrected chi connectivity index (χ2v) is 9.81. The normalized spacial score (nSPS) is 17.4. The fraction of sp³-hybridized carbons (Fsp3) is 0.241. The van der Waals surface area contributed by atoms with Crippen molar-refractivity contribution in [1.29, 1.82) is 0 Å². The van der Waals surface area contributed by atoms with Gasteiger partial charge in [-0.1, -0.05) is 24.3 Å². The zero-order valence-corrected chi connectivity index (χ0v) is 20.1. The number of rotatable bonds is 5. The van der Waals surface area contributed by atoms with Crippen molar-refractivity contribution in [3.63, 3.8) is 0 Å². The molecule has 4 aromatic rings. The molecule has 2 aliphatic rings. The number of aromatic carboxylic acids is 1. The number of amides is 1. The van der Waals surface area contributed by atoms with Crippen molar-refractivity contribution in [3.05, 3.63) is 89.9 Å². The molecule has 0 saturated carbocycles. The number of aromatic nitrogens is 1. The Morgan fingerprint density at radius 2 is 1.76 bits per heavy atom. The van der Waals surface area contributed by atoms with Crippen LogP contribution in [-0.4, -0.2) is 52.3 Å². The molecule has 3 heterocycles. The third kappa shape index (κ3) is 4.34. The molecule has 37 heavy (non-hydrogen) atoms. The molecule has 0 radical (unpaired) electrons. The van der Waals surface area contributed by atoms with Gasteiger partial charge in [0.2, 0.25) is 0 Å². The smallest absolute Gasteiger partial charge is 0.415 e. The lowest BCUT2D eigenvalue weighted by Crippen LogP contribution is -2.46. The summed E-state index contributed by atoms with van der Waals surface area (Å²) >= 11 is 0. The Morgan fingerprint density at radius 1 is 1.03 bits per heavy atom. The Balaban J connectivity index is 1.16. The van der Waals surface area contributed by atoms with Crippen LogP contribution in [0.1, 0.15) is 28.8 Å². The molecule has 2 fully saturated rings. The van der Waals surface area contributed by atoms with Gasteiger partial charge in [-0.05, 0) is 59.2 Å². The molecule has 7 nitrogen and oxygen atoms in total. The highest BCUT2D eigenvalue weighted by Gasteiger charge is 2.47. The number of anilines is 1. The number of benzene rings is 3. The van der Waals surface area contributed by atoms with E-state index in [1.54, 1.807) is 29.2 Å². The van der Waals surface area contributed by atoms with Crippen LogP contribution in [0.15, 0.2) is 72.9 Å². The molecule has 0 aliphatic carbocycles. The minimum absolute atomic E-state index is 0.180. The van der Waals surface area contributed by atoms with Crippen LogP contribution in [0.4, 0.5) is 14.9 Å². The van der Waals surface area contributed by atoms with E-state index in [9.17, 15) is 14.0 Å². The Labute approximate surface area is 213 Å². The lowest BCUT2D eigenvalue weighted by atomic mass is 9.90. The van der Waals surface area contributed by atoms with Crippen molar-refractivity contribution in [1.82, 2.24) is 9.88 Å². The van der Waals surface area contributed by atoms with Crippen LogP contribution < -0.4 is 4.90 Å². The molecule has 2 N–H and O–H groups in total. The summed E-state index contributed by atoms with van der Waals surface area (Å²) in [4.78, 5) is 31.2. The maximum Gasteiger partial charge on any atom is 0.415 e. The van der Waals surface area contributed by atoms with E-state index in [1.807, 2.05) is 18.3 Å². The van der Waals surface area contributed by atoms with E-state index in [0.29, 0.717) is 12.2 Å². The summed E-state index contributed by atoms with van der Waals surface area (Å²) in [6.45, 7) is 2.77. The van der Waals surface area contributed by atoms with E-state index in [0.717, 1.165) is 54.5 Å². The topological polar surface area (TPSA) is 85.9 Å². The standard InChI is InChI=1S/C29H26FN3O4/c30-22-8-4-19(5-9-22)24-2-1-3-25-26(24)21(16-31-25)17-32-14-12-29(13-15-32)18-33(28(36)37-29)23-10-6-20(7-11-23)27(34)35/h1-11,16,31H,12-15,17-18H2,(H,34,35). The number of fused-ring (bicyclic) bond motifs is 1. The number of carboxylic acid groups (broad SMARTS) is 1. The number of likely N-dealkylation sites (tertiary alicyclic amines) is 1. The molecule has 6 rings (SSSR count). The maximum absolute atomic E-state index is 13.5. The molecule has 1 amide bonds. The number of halogens is 1. The van der Waals surface area contributed by atoms with Crippen LogP contribution in [0.25, 0.3) is 22.0 Å². The second-order valence-electron chi connectivity index (χ2n) is 9.81. The number of carbonyl (C=O) groups excluding carboxylic acids is 1. The number of piperidine rings is 1. The zero-order valence-electron chi connectivity index (χ0n) is 20.1. The van der Waals surface area contributed by atoms with Crippen LogP contribution in [0.2, 0.25) is 0 Å².